The molecule has 76 heavy (non-hydrogen) atoms. The minimum atomic E-state index is -4.83. The second-order valence-corrected chi connectivity index (χ2v) is 19.1. The quantitative estimate of drug-likeness (QED) is 0.0725. The van der Waals surface area contributed by atoms with Crippen LogP contribution < -0.4 is 23.7 Å². The predicted octanol–water partition coefficient (Wildman–Crippen LogP) is 8.57. The van der Waals surface area contributed by atoms with Crippen molar-refractivity contribution in [2.24, 2.45) is 11.8 Å². The van der Waals surface area contributed by atoms with Gasteiger partial charge < -0.3 is 62.1 Å². The zero-order valence-electron chi connectivity index (χ0n) is 42.4. The molecular formula is C59H59F2NO14. The Morgan fingerprint density at radius 1 is 0.671 bits per heavy atom. The monoisotopic (exact) mass is 1040 g/mol. The van der Waals surface area contributed by atoms with E-state index in [0.29, 0.717) is 56.6 Å². The molecule has 6 aromatic rings. The van der Waals surface area contributed by atoms with E-state index >= 15 is 13.6 Å². The molecule has 6 aromatic carbocycles. The number of nitrogens with zero attached hydrogens (tertiary/aromatic N) is 1. The van der Waals surface area contributed by atoms with Crippen LogP contribution in [-0.2, 0) is 64.4 Å². The topological polar surface area (TPSA) is 159 Å². The van der Waals surface area contributed by atoms with Crippen molar-refractivity contribution < 1.29 is 75.6 Å². The summed E-state index contributed by atoms with van der Waals surface area (Å²) in [5.41, 5.74) is 4.19. The van der Waals surface area contributed by atoms with Crippen molar-refractivity contribution in [1.82, 2.24) is 4.90 Å². The molecule has 15 nitrogen and oxygen atoms in total. The van der Waals surface area contributed by atoms with Crippen LogP contribution in [0.1, 0.15) is 50.9 Å². The Kier molecular flexibility index (Phi) is 15.6. The summed E-state index contributed by atoms with van der Waals surface area (Å²) in [4.78, 5) is 30.5. The normalized spacial score (nSPS) is 24.5. The first kappa shape index (κ1) is 52.3. The number of halogens is 2. The first-order valence-corrected chi connectivity index (χ1v) is 25.0. The molecule has 2 saturated heterocycles. The van der Waals surface area contributed by atoms with Crippen LogP contribution in [0.5, 0.6) is 28.7 Å². The highest BCUT2D eigenvalue weighted by molar-refractivity contribution is 5.86. The van der Waals surface area contributed by atoms with Gasteiger partial charge in [-0.25, -0.2) is 0 Å². The van der Waals surface area contributed by atoms with E-state index in [1.807, 2.05) is 91.0 Å². The van der Waals surface area contributed by atoms with Crippen molar-refractivity contribution in [3.8, 4) is 28.7 Å². The molecule has 10 rings (SSSR count). The zero-order chi connectivity index (χ0) is 53.0. The number of hydrogen-bond donors (Lipinski definition) is 1. The van der Waals surface area contributed by atoms with Gasteiger partial charge >= 0.3 is 11.9 Å². The van der Waals surface area contributed by atoms with Crippen LogP contribution in [0.4, 0.5) is 8.78 Å². The van der Waals surface area contributed by atoms with Crippen molar-refractivity contribution >= 4 is 11.9 Å². The van der Waals surface area contributed by atoms with Gasteiger partial charge in [0.1, 0.15) is 24.4 Å². The number of amides is 1. The summed E-state index contributed by atoms with van der Waals surface area (Å²) in [6.07, 6.45) is -6.34. The van der Waals surface area contributed by atoms with E-state index in [0.717, 1.165) is 16.0 Å². The number of rotatable bonds is 20. The van der Waals surface area contributed by atoms with Gasteiger partial charge in [0.25, 0.3) is 11.7 Å². The fourth-order valence-corrected chi connectivity index (χ4v) is 10.9. The maximum absolute atomic E-state index is 18.6. The van der Waals surface area contributed by atoms with Crippen LogP contribution in [-0.4, -0.2) is 106 Å². The van der Waals surface area contributed by atoms with Crippen molar-refractivity contribution in [2.45, 2.75) is 74.5 Å². The van der Waals surface area contributed by atoms with E-state index < -0.39 is 71.8 Å². The number of carbonyl (C=O) groups excluding carboxylic acids is 2. The molecule has 1 amide bonds. The van der Waals surface area contributed by atoms with Gasteiger partial charge in [-0.1, -0.05) is 121 Å². The van der Waals surface area contributed by atoms with Gasteiger partial charge in [-0.3, -0.25) is 9.59 Å². The molecule has 3 heterocycles. The first-order chi connectivity index (χ1) is 36.9. The van der Waals surface area contributed by atoms with E-state index in [4.69, 9.17) is 52.1 Å². The second kappa shape index (κ2) is 22.6. The van der Waals surface area contributed by atoms with E-state index in [1.54, 1.807) is 54.6 Å². The lowest BCUT2D eigenvalue weighted by molar-refractivity contribution is -0.416. The Morgan fingerprint density at radius 2 is 1.17 bits per heavy atom. The maximum atomic E-state index is 18.6. The summed E-state index contributed by atoms with van der Waals surface area (Å²) in [6.45, 7) is -1.17. The van der Waals surface area contributed by atoms with Gasteiger partial charge in [0, 0.05) is 18.9 Å². The molecule has 1 aliphatic carbocycles. The number of methoxy groups -OCH3 is 3. The lowest BCUT2D eigenvalue weighted by atomic mass is 9.65. The molecule has 398 valence electrons. The summed E-state index contributed by atoms with van der Waals surface area (Å²) in [6, 6.07) is 41.8. The standard InChI is InChI=1S/C59H59F2NO14/c1-62(51-42-28-45-44(74-35-75-45)27-41(42)49(50-43(51)33-73-56(50)63)40-25-46(66-2)52(68-4)47(26-40)67-3)57(64)58(60,61)59(65)55(72-32-39-23-15-8-16-24-39)54(71-31-38-21-13-7-14-22-38)53(70-30-37-19-11-6-12-20-37)48(76-59)34-69-29-36-17-9-5-10-18-36/h5-28,43,48-51,53-55,65H,29-35H2,1-4H3/t43?,48-,49-,50+,51-,53-,54+,55-,59-/m1/s1. The lowest BCUT2D eigenvalue weighted by Crippen LogP contribution is -2.75. The highest BCUT2D eigenvalue weighted by Gasteiger charge is 2.72. The van der Waals surface area contributed by atoms with Gasteiger partial charge in [0.15, 0.2) is 23.0 Å². The smallest absolute Gasteiger partial charge is 0.379 e. The summed E-state index contributed by atoms with van der Waals surface area (Å²) in [5.74, 6) is -12.3. The third kappa shape index (κ3) is 10.2. The van der Waals surface area contributed by atoms with Gasteiger partial charge in [0.2, 0.25) is 12.5 Å². The van der Waals surface area contributed by atoms with Gasteiger partial charge in [-0.2, -0.15) is 8.78 Å². The highest BCUT2D eigenvalue weighted by atomic mass is 19.3. The first-order valence-electron chi connectivity index (χ1n) is 25.0. The SMILES string of the molecule is COc1cc([C@@H]2c3cc4c(cc3[C@@H](N(C)C(=O)C(F)(F)[C@]3(O)O[C@H](COCc5ccccc5)[C@@H](OCc5ccccc5)[C@H](OCc5ccccc5)[C@H]3OCc3ccccc3)C3COC(=O)[C@@H]32)OCO4)cc(OC)c1OC. The van der Waals surface area contributed by atoms with Crippen molar-refractivity contribution in [3.05, 3.63) is 185 Å². The molecule has 1 N–H and O–H groups in total. The molecule has 3 aliphatic heterocycles. The number of hydrogen-bond acceptors (Lipinski definition) is 14. The zero-order valence-corrected chi connectivity index (χ0v) is 42.4. The van der Waals surface area contributed by atoms with Gasteiger partial charge in [-0.05, 0) is 63.2 Å². The predicted molar refractivity (Wildman–Crippen MR) is 270 cm³/mol. The number of alkyl halides is 2. The third-order valence-electron chi connectivity index (χ3n) is 14.6. The molecule has 9 atom stereocenters. The molecule has 0 bridgehead atoms. The van der Waals surface area contributed by atoms with Gasteiger partial charge in [0.05, 0.1) is 72.9 Å². The minimum absolute atomic E-state index is 0.0167. The van der Waals surface area contributed by atoms with Crippen LogP contribution in [0, 0.1) is 11.8 Å². The fraction of sp³-hybridized carbons (Fsp3) is 0.356. The number of aliphatic hydroxyl groups is 1. The lowest BCUT2D eigenvalue weighted by Gasteiger charge is -2.52. The maximum Gasteiger partial charge on any atom is 0.379 e. The highest BCUT2D eigenvalue weighted by Crippen LogP contribution is 2.58. The largest absolute Gasteiger partial charge is 0.493 e. The average molecular weight is 1040 g/mol. The Hall–Kier alpha value is -7.12. The van der Waals surface area contributed by atoms with Crippen LogP contribution in [0.3, 0.4) is 0 Å². The summed E-state index contributed by atoms with van der Waals surface area (Å²) >= 11 is 0. The van der Waals surface area contributed by atoms with Crippen LogP contribution in [0.25, 0.3) is 0 Å². The molecule has 17 heteroatoms. The van der Waals surface area contributed by atoms with Crippen LogP contribution in [0.2, 0.25) is 0 Å². The molecule has 0 spiro atoms. The van der Waals surface area contributed by atoms with Crippen LogP contribution in [0.15, 0.2) is 146 Å². The van der Waals surface area contributed by atoms with E-state index in [-0.39, 0.29) is 46.4 Å². The van der Waals surface area contributed by atoms with E-state index in [2.05, 4.69) is 0 Å². The molecule has 0 saturated carbocycles. The molecule has 0 aromatic heterocycles. The second-order valence-electron chi connectivity index (χ2n) is 19.1. The third-order valence-corrected chi connectivity index (χ3v) is 14.6. The minimum Gasteiger partial charge on any atom is -0.493 e. The van der Waals surface area contributed by atoms with E-state index in [9.17, 15) is 9.90 Å². The number of ether oxygens (including phenoxy) is 11. The number of benzene rings is 6. The summed E-state index contributed by atoms with van der Waals surface area (Å²) in [7, 11) is 5.61. The summed E-state index contributed by atoms with van der Waals surface area (Å²) in [5, 5.41) is 13.2. The number of cyclic esters (lactones) is 1. The van der Waals surface area contributed by atoms with E-state index in [1.165, 1.54) is 28.4 Å². The Balaban J connectivity index is 1.07. The molecule has 4 aliphatic rings. The molecule has 0 radical (unpaired) electrons. The number of carbonyl (C=O) groups is 2. The van der Waals surface area contributed by atoms with Crippen molar-refractivity contribution in [2.75, 3.05) is 48.4 Å². The Morgan fingerprint density at radius 3 is 1.70 bits per heavy atom. The van der Waals surface area contributed by atoms with Crippen molar-refractivity contribution in [3.63, 3.8) is 0 Å². The van der Waals surface area contributed by atoms with Crippen molar-refractivity contribution in [1.29, 1.82) is 0 Å². The fourth-order valence-electron chi connectivity index (χ4n) is 10.9. The molecular weight excluding hydrogens is 985 g/mol. The Labute approximate surface area is 439 Å². The number of fused-ring (bicyclic) bond motifs is 3. The summed E-state index contributed by atoms with van der Waals surface area (Å²) < 4.78 is 104. The Bertz CT molecular complexity index is 2930. The molecule has 1 unspecified atom stereocenters. The number of esters is 1. The van der Waals surface area contributed by atoms with Gasteiger partial charge in [-0.15, -0.1) is 0 Å². The van der Waals surface area contributed by atoms with Crippen LogP contribution >= 0.6 is 0 Å². The molecule has 2 fully saturated rings. The average Bonchev–Trinajstić information content (AvgIpc) is 4.14.